The van der Waals surface area contributed by atoms with Crippen LogP contribution in [0, 0.1) is 0 Å². The molecule has 0 spiro atoms. The third-order valence-electron chi connectivity index (χ3n) is 3.16. The maximum absolute atomic E-state index is 5.73. The van der Waals surface area contributed by atoms with Crippen molar-refractivity contribution < 1.29 is 4.74 Å². The minimum Gasteiger partial charge on any atom is -0.372 e. The molecule has 1 aliphatic rings. The summed E-state index contributed by atoms with van der Waals surface area (Å²) < 4.78 is 5.73. The fourth-order valence-electron chi connectivity index (χ4n) is 2.01. The van der Waals surface area contributed by atoms with Crippen molar-refractivity contribution in [2.75, 3.05) is 6.61 Å². The summed E-state index contributed by atoms with van der Waals surface area (Å²) in [7, 11) is 0. The van der Waals surface area contributed by atoms with E-state index in [4.69, 9.17) is 4.74 Å². The molecule has 0 amide bonds. The van der Waals surface area contributed by atoms with Crippen LogP contribution in [-0.2, 0) is 10.2 Å². The Morgan fingerprint density at radius 3 is 2.56 bits per heavy atom. The van der Waals surface area contributed by atoms with Gasteiger partial charge >= 0.3 is 0 Å². The van der Waals surface area contributed by atoms with Crippen molar-refractivity contribution in [3.05, 3.63) is 29.6 Å². The number of nitrogens with zero attached hydrogens (tertiary/aromatic N) is 1. The summed E-state index contributed by atoms with van der Waals surface area (Å²) in [5, 5.41) is 0. The first-order valence-electron chi connectivity index (χ1n) is 6.15. The molecule has 1 aliphatic heterocycles. The number of aromatic nitrogens is 1. The third-order valence-corrected chi connectivity index (χ3v) is 3.16. The number of pyridine rings is 1. The lowest BCUT2D eigenvalue weighted by atomic mass is 9.88. The molecule has 1 atom stereocenters. The van der Waals surface area contributed by atoms with Gasteiger partial charge in [0.2, 0.25) is 0 Å². The van der Waals surface area contributed by atoms with Gasteiger partial charge in [0.1, 0.15) is 0 Å². The molecule has 2 heteroatoms. The molecule has 1 fully saturated rings. The van der Waals surface area contributed by atoms with Crippen molar-refractivity contribution >= 4 is 0 Å². The average Bonchev–Trinajstić information content (AvgIpc) is 2.29. The predicted molar refractivity (Wildman–Crippen MR) is 65.5 cm³/mol. The zero-order valence-electron chi connectivity index (χ0n) is 10.5. The van der Waals surface area contributed by atoms with Crippen molar-refractivity contribution in [3.8, 4) is 0 Å². The normalized spacial score (nSPS) is 22.1. The van der Waals surface area contributed by atoms with Gasteiger partial charge < -0.3 is 4.74 Å². The summed E-state index contributed by atoms with van der Waals surface area (Å²) >= 11 is 0. The van der Waals surface area contributed by atoms with Gasteiger partial charge in [-0.15, -0.1) is 0 Å². The van der Waals surface area contributed by atoms with E-state index in [1.807, 2.05) is 6.20 Å². The highest BCUT2D eigenvalue weighted by Crippen LogP contribution is 2.28. The van der Waals surface area contributed by atoms with Gasteiger partial charge in [-0.05, 0) is 36.3 Å². The van der Waals surface area contributed by atoms with Crippen LogP contribution >= 0.6 is 0 Å². The monoisotopic (exact) mass is 219 g/mol. The van der Waals surface area contributed by atoms with Gasteiger partial charge in [0.05, 0.1) is 11.8 Å². The number of ether oxygens (including phenoxy) is 1. The number of hydrogen-bond acceptors (Lipinski definition) is 2. The van der Waals surface area contributed by atoms with Crippen LogP contribution < -0.4 is 0 Å². The molecular formula is C14H21NO. The largest absolute Gasteiger partial charge is 0.372 e. The molecule has 1 aromatic heterocycles. The highest BCUT2D eigenvalue weighted by Gasteiger charge is 2.19. The van der Waals surface area contributed by atoms with Crippen LogP contribution in [0.5, 0.6) is 0 Å². The molecular weight excluding hydrogens is 198 g/mol. The molecule has 1 saturated heterocycles. The average molecular weight is 219 g/mol. The first-order chi connectivity index (χ1) is 7.57. The molecule has 0 bridgehead atoms. The molecule has 16 heavy (non-hydrogen) atoms. The molecule has 0 aliphatic carbocycles. The molecule has 0 aromatic carbocycles. The third kappa shape index (κ3) is 2.62. The summed E-state index contributed by atoms with van der Waals surface area (Å²) in [4.78, 5) is 4.54. The second kappa shape index (κ2) is 4.54. The van der Waals surface area contributed by atoms with E-state index in [9.17, 15) is 0 Å². The van der Waals surface area contributed by atoms with E-state index in [2.05, 4.69) is 37.9 Å². The van der Waals surface area contributed by atoms with E-state index < -0.39 is 0 Å². The standard InChI is InChI=1S/C14H21NO/c1-14(2,3)11-7-8-12(15-10-11)13-6-4-5-9-16-13/h7-8,10,13H,4-6,9H2,1-3H3. The van der Waals surface area contributed by atoms with Gasteiger partial charge in [-0.3, -0.25) is 4.98 Å². The molecule has 1 aromatic rings. The molecule has 0 radical (unpaired) electrons. The maximum atomic E-state index is 5.73. The van der Waals surface area contributed by atoms with Crippen molar-refractivity contribution in [2.24, 2.45) is 0 Å². The zero-order chi connectivity index (χ0) is 11.6. The van der Waals surface area contributed by atoms with Crippen molar-refractivity contribution in [3.63, 3.8) is 0 Å². The first-order valence-corrected chi connectivity index (χ1v) is 6.15. The van der Waals surface area contributed by atoms with Gasteiger partial charge in [-0.2, -0.15) is 0 Å². The molecule has 2 nitrogen and oxygen atoms in total. The topological polar surface area (TPSA) is 22.1 Å². The number of hydrogen-bond donors (Lipinski definition) is 0. The molecule has 2 rings (SSSR count). The molecule has 2 heterocycles. The van der Waals surface area contributed by atoms with Gasteiger partial charge in [0.15, 0.2) is 0 Å². The van der Waals surface area contributed by atoms with E-state index in [0.29, 0.717) is 0 Å². The molecule has 0 N–H and O–H groups in total. The van der Waals surface area contributed by atoms with E-state index in [-0.39, 0.29) is 11.5 Å². The van der Waals surface area contributed by atoms with Crippen LogP contribution in [0.4, 0.5) is 0 Å². The summed E-state index contributed by atoms with van der Waals surface area (Å²) in [6.45, 7) is 7.51. The van der Waals surface area contributed by atoms with Crippen LogP contribution in [0.15, 0.2) is 18.3 Å². The first kappa shape index (κ1) is 11.6. The lowest BCUT2D eigenvalue weighted by Gasteiger charge is -2.23. The zero-order valence-corrected chi connectivity index (χ0v) is 10.5. The summed E-state index contributed by atoms with van der Waals surface area (Å²) in [5.74, 6) is 0. The number of rotatable bonds is 1. The Labute approximate surface area is 98.0 Å². The maximum Gasteiger partial charge on any atom is 0.0994 e. The molecule has 0 saturated carbocycles. The second-order valence-electron chi connectivity index (χ2n) is 5.58. The van der Waals surface area contributed by atoms with E-state index >= 15 is 0 Å². The fourth-order valence-corrected chi connectivity index (χ4v) is 2.01. The van der Waals surface area contributed by atoms with Gasteiger partial charge in [0, 0.05) is 12.8 Å². The van der Waals surface area contributed by atoms with Gasteiger partial charge in [-0.25, -0.2) is 0 Å². The second-order valence-corrected chi connectivity index (χ2v) is 5.58. The SMILES string of the molecule is CC(C)(C)c1ccc(C2CCCCO2)nc1. The Hall–Kier alpha value is -0.890. The van der Waals surface area contributed by atoms with Gasteiger partial charge in [-0.1, -0.05) is 26.8 Å². The fraction of sp³-hybridized carbons (Fsp3) is 0.643. The van der Waals surface area contributed by atoms with Crippen molar-refractivity contribution in [2.45, 2.75) is 51.6 Å². The van der Waals surface area contributed by atoms with Crippen molar-refractivity contribution in [1.82, 2.24) is 4.98 Å². The summed E-state index contributed by atoms with van der Waals surface area (Å²) in [6, 6.07) is 4.30. The van der Waals surface area contributed by atoms with Crippen LogP contribution in [0.3, 0.4) is 0 Å². The van der Waals surface area contributed by atoms with Crippen LogP contribution in [0.2, 0.25) is 0 Å². The predicted octanol–water partition coefficient (Wildman–Crippen LogP) is 3.62. The Balaban J connectivity index is 2.12. The summed E-state index contributed by atoms with van der Waals surface area (Å²) in [6.07, 6.45) is 5.78. The van der Waals surface area contributed by atoms with Crippen LogP contribution in [0.1, 0.15) is 57.4 Å². The van der Waals surface area contributed by atoms with E-state index in [1.54, 1.807) is 0 Å². The van der Waals surface area contributed by atoms with Crippen LogP contribution in [-0.4, -0.2) is 11.6 Å². The molecule has 1 unspecified atom stereocenters. The van der Waals surface area contributed by atoms with Gasteiger partial charge in [0.25, 0.3) is 0 Å². The molecule has 88 valence electrons. The summed E-state index contributed by atoms with van der Waals surface area (Å²) in [5.41, 5.74) is 2.55. The lowest BCUT2D eigenvalue weighted by Crippen LogP contribution is -2.15. The van der Waals surface area contributed by atoms with E-state index in [0.717, 1.165) is 18.7 Å². The van der Waals surface area contributed by atoms with Crippen molar-refractivity contribution in [1.29, 1.82) is 0 Å². The lowest BCUT2D eigenvalue weighted by molar-refractivity contribution is 0.0123. The smallest absolute Gasteiger partial charge is 0.0994 e. The highest BCUT2D eigenvalue weighted by atomic mass is 16.5. The Morgan fingerprint density at radius 1 is 1.25 bits per heavy atom. The van der Waals surface area contributed by atoms with E-state index in [1.165, 1.54) is 18.4 Å². The highest BCUT2D eigenvalue weighted by molar-refractivity contribution is 5.22. The van der Waals surface area contributed by atoms with Crippen LogP contribution in [0.25, 0.3) is 0 Å². The Morgan fingerprint density at radius 2 is 2.06 bits per heavy atom. The Kier molecular flexibility index (Phi) is 3.29. The quantitative estimate of drug-likeness (QED) is 0.719. The Bertz CT molecular complexity index is 331. The minimum absolute atomic E-state index is 0.180. The minimum atomic E-state index is 0.180.